The zero-order valence-electron chi connectivity index (χ0n) is 29.4. The van der Waals surface area contributed by atoms with Crippen molar-refractivity contribution in [2.75, 3.05) is 0 Å². The molecule has 0 atom stereocenters. The third-order valence-electron chi connectivity index (χ3n) is 9.98. The van der Waals surface area contributed by atoms with E-state index in [0.717, 1.165) is 55.8 Å². The van der Waals surface area contributed by atoms with Crippen molar-refractivity contribution in [1.82, 2.24) is 9.97 Å². The lowest BCUT2D eigenvalue weighted by Crippen LogP contribution is -1.93. The lowest BCUT2D eigenvalue weighted by atomic mass is 9.93. The van der Waals surface area contributed by atoms with Crippen LogP contribution in [0.5, 0.6) is 0 Å². The Morgan fingerprint density at radius 1 is 0.283 bits per heavy atom. The van der Waals surface area contributed by atoms with E-state index in [1.807, 2.05) is 6.92 Å². The number of nitrogens with zero attached hydrogens (tertiary/aromatic N) is 2. The maximum absolute atomic E-state index is 5.33. The van der Waals surface area contributed by atoms with Crippen molar-refractivity contribution in [2.24, 2.45) is 0 Å². The van der Waals surface area contributed by atoms with Gasteiger partial charge in [-0.3, -0.25) is 4.98 Å². The molecular weight excluding hydrogens is 641 g/mol. The van der Waals surface area contributed by atoms with Crippen molar-refractivity contribution in [1.29, 1.82) is 0 Å². The Balaban J connectivity index is 1.11. The van der Waals surface area contributed by atoms with Crippen LogP contribution >= 0.6 is 0 Å². The van der Waals surface area contributed by atoms with Crippen LogP contribution in [-0.4, -0.2) is 9.97 Å². The first-order valence-corrected chi connectivity index (χ1v) is 18.1. The molecule has 250 valence electrons. The standard InChI is InChI=1S/C51H36N2/c1-35-19-20-45-32-44(29-30-49(45)52-35)39-23-21-38(22-24-39)42-15-10-16-43(31-42)46-33-50(41-27-25-37(26-28-41)36-11-4-2-5-12-36)53-51(34-46)48-18-9-8-17-47(48)40-13-6-3-7-14-40/h2-34H,1H3. The predicted octanol–water partition coefficient (Wildman–Crippen LogP) is 13.6. The molecule has 0 bridgehead atoms. The summed E-state index contributed by atoms with van der Waals surface area (Å²) in [6, 6.07) is 71.3. The van der Waals surface area contributed by atoms with Gasteiger partial charge in [0.25, 0.3) is 0 Å². The van der Waals surface area contributed by atoms with Crippen LogP contribution in [0.4, 0.5) is 0 Å². The highest BCUT2D eigenvalue weighted by Crippen LogP contribution is 2.37. The number of aromatic nitrogens is 2. The Kier molecular flexibility index (Phi) is 8.47. The quantitative estimate of drug-likeness (QED) is 0.168. The molecule has 0 aliphatic rings. The zero-order valence-corrected chi connectivity index (χ0v) is 29.4. The molecule has 0 spiro atoms. The Morgan fingerprint density at radius 2 is 0.774 bits per heavy atom. The predicted molar refractivity (Wildman–Crippen MR) is 222 cm³/mol. The minimum Gasteiger partial charge on any atom is -0.253 e. The summed E-state index contributed by atoms with van der Waals surface area (Å²) in [6.45, 7) is 2.03. The average molecular weight is 677 g/mol. The minimum absolute atomic E-state index is 0.940. The van der Waals surface area contributed by atoms with Gasteiger partial charge in [-0.2, -0.15) is 0 Å². The molecule has 53 heavy (non-hydrogen) atoms. The van der Waals surface area contributed by atoms with Gasteiger partial charge < -0.3 is 0 Å². The molecule has 2 nitrogen and oxygen atoms in total. The van der Waals surface area contributed by atoms with Crippen LogP contribution in [0.2, 0.25) is 0 Å². The number of benzene rings is 7. The molecule has 9 rings (SSSR count). The van der Waals surface area contributed by atoms with Crippen LogP contribution in [0.3, 0.4) is 0 Å². The summed E-state index contributed by atoms with van der Waals surface area (Å²) >= 11 is 0. The van der Waals surface area contributed by atoms with Crippen molar-refractivity contribution < 1.29 is 0 Å². The van der Waals surface area contributed by atoms with Gasteiger partial charge in [0.15, 0.2) is 0 Å². The van der Waals surface area contributed by atoms with Gasteiger partial charge in [-0.25, -0.2) is 4.98 Å². The van der Waals surface area contributed by atoms with Gasteiger partial charge in [0.05, 0.1) is 16.9 Å². The van der Waals surface area contributed by atoms with Crippen molar-refractivity contribution in [3.63, 3.8) is 0 Å². The fourth-order valence-corrected chi connectivity index (χ4v) is 7.16. The Hall–Kier alpha value is -6.90. The van der Waals surface area contributed by atoms with Crippen molar-refractivity contribution in [2.45, 2.75) is 6.92 Å². The highest BCUT2D eigenvalue weighted by atomic mass is 14.7. The fourth-order valence-electron chi connectivity index (χ4n) is 7.16. The number of rotatable bonds is 7. The minimum atomic E-state index is 0.940. The largest absolute Gasteiger partial charge is 0.253 e. The molecule has 0 unspecified atom stereocenters. The Bertz CT molecular complexity index is 2700. The van der Waals surface area contributed by atoms with E-state index in [2.05, 4.69) is 205 Å². The molecule has 0 aliphatic carbocycles. The summed E-state index contributed by atoms with van der Waals surface area (Å²) in [4.78, 5) is 10.00. The SMILES string of the molecule is Cc1ccc2cc(-c3ccc(-c4cccc(-c5cc(-c6ccc(-c7ccccc7)cc6)nc(-c6ccccc6-c6ccccc6)c5)c4)cc3)ccc2n1. The van der Waals surface area contributed by atoms with Crippen molar-refractivity contribution >= 4 is 10.9 Å². The molecule has 9 aromatic rings. The topological polar surface area (TPSA) is 25.8 Å². The summed E-state index contributed by atoms with van der Waals surface area (Å²) in [5, 5.41) is 1.15. The smallest absolute Gasteiger partial charge is 0.0721 e. The van der Waals surface area contributed by atoms with E-state index in [1.165, 1.54) is 38.9 Å². The summed E-state index contributed by atoms with van der Waals surface area (Å²) in [5.41, 5.74) is 17.8. The molecule has 0 saturated heterocycles. The molecule has 2 aromatic heterocycles. The van der Waals surface area contributed by atoms with E-state index >= 15 is 0 Å². The number of pyridine rings is 2. The normalized spacial score (nSPS) is 11.1. The van der Waals surface area contributed by atoms with Gasteiger partial charge in [0.2, 0.25) is 0 Å². The van der Waals surface area contributed by atoms with Gasteiger partial charge >= 0.3 is 0 Å². The van der Waals surface area contributed by atoms with Gasteiger partial charge in [0, 0.05) is 22.2 Å². The molecule has 2 heterocycles. The lowest BCUT2D eigenvalue weighted by molar-refractivity contribution is 1.26. The van der Waals surface area contributed by atoms with Crippen LogP contribution in [0.25, 0.3) is 89.1 Å². The lowest BCUT2D eigenvalue weighted by Gasteiger charge is -2.14. The van der Waals surface area contributed by atoms with Crippen LogP contribution in [0.15, 0.2) is 200 Å². The van der Waals surface area contributed by atoms with Crippen LogP contribution in [0.1, 0.15) is 5.69 Å². The van der Waals surface area contributed by atoms with Crippen LogP contribution in [-0.2, 0) is 0 Å². The number of hydrogen-bond acceptors (Lipinski definition) is 2. The Labute approximate surface area is 310 Å². The first kappa shape index (κ1) is 32.0. The number of hydrogen-bond donors (Lipinski definition) is 0. The van der Waals surface area contributed by atoms with Crippen LogP contribution in [0, 0.1) is 6.92 Å². The second-order valence-electron chi connectivity index (χ2n) is 13.5. The van der Waals surface area contributed by atoms with E-state index in [-0.39, 0.29) is 0 Å². The zero-order chi connectivity index (χ0) is 35.6. The Morgan fingerprint density at radius 3 is 1.47 bits per heavy atom. The van der Waals surface area contributed by atoms with E-state index in [9.17, 15) is 0 Å². The fraction of sp³-hybridized carbons (Fsp3) is 0.0196. The van der Waals surface area contributed by atoms with Crippen molar-refractivity contribution in [3.8, 4) is 78.1 Å². The molecule has 2 heteroatoms. The number of fused-ring (bicyclic) bond motifs is 1. The summed E-state index contributed by atoms with van der Waals surface area (Å²) in [5.74, 6) is 0. The molecule has 0 amide bonds. The molecule has 0 saturated carbocycles. The maximum atomic E-state index is 5.33. The first-order valence-electron chi connectivity index (χ1n) is 18.1. The third-order valence-corrected chi connectivity index (χ3v) is 9.98. The van der Waals surface area contributed by atoms with Crippen molar-refractivity contribution in [3.05, 3.63) is 206 Å². The highest BCUT2D eigenvalue weighted by Gasteiger charge is 2.14. The van der Waals surface area contributed by atoms with Gasteiger partial charge in [-0.1, -0.05) is 164 Å². The summed E-state index contributed by atoms with van der Waals surface area (Å²) < 4.78 is 0. The summed E-state index contributed by atoms with van der Waals surface area (Å²) in [6.07, 6.45) is 0. The van der Waals surface area contributed by atoms with E-state index in [1.54, 1.807) is 0 Å². The second-order valence-corrected chi connectivity index (χ2v) is 13.5. The van der Waals surface area contributed by atoms with E-state index < -0.39 is 0 Å². The molecule has 7 aromatic carbocycles. The molecule has 0 fully saturated rings. The van der Waals surface area contributed by atoms with Gasteiger partial charge in [-0.15, -0.1) is 0 Å². The monoisotopic (exact) mass is 676 g/mol. The highest BCUT2D eigenvalue weighted by molar-refractivity contribution is 5.87. The average Bonchev–Trinajstić information content (AvgIpc) is 3.24. The first-order chi connectivity index (χ1) is 26.1. The second kappa shape index (κ2) is 14.0. The molecule has 0 radical (unpaired) electrons. The number of aryl methyl sites for hydroxylation is 1. The molecule has 0 aliphatic heterocycles. The van der Waals surface area contributed by atoms with Crippen LogP contribution < -0.4 is 0 Å². The molecule has 0 N–H and O–H groups in total. The summed E-state index contributed by atoms with van der Waals surface area (Å²) in [7, 11) is 0. The van der Waals surface area contributed by atoms with Gasteiger partial charge in [0.1, 0.15) is 0 Å². The van der Waals surface area contributed by atoms with E-state index in [0.29, 0.717) is 0 Å². The third kappa shape index (κ3) is 6.67. The molecular formula is C51H36N2. The van der Waals surface area contributed by atoms with Gasteiger partial charge in [-0.05, 0) is 99.0 Å². The van der Waals surface area contributed by atoms with E-state index in [4.69, 9.17) is 4.98 Å². The maximum Gasteiger partial charge on any atom is 0.0721 e.